The lowest BCUT2D eigenvalue weighted by molar-refractivity contribution is -0.143. The van der Waals surface area contributed by atoms with E-state index < -0.39 is 78.2 Å². The molecule has 0 unspecified atom stereocenters. The number of hydrogen-bond donors (Lipinski definition) is 10. The monoisotopic (exact) mass is 635 g/mol. The molecule has 0 saturated carbocycles. The van der Waals surface area contributed by atoms with Crippen molar-refractivity contribution in [3.8, 4) is 0 Å². The molecule has 1 aromatic carbocycles. The summed E-state index contributed by atoms with van der Waals surface area (Å²) in [6.07, 6.45) is -0.00558. The minimum atomic E-state index is -1.55. The predicted octanol–water partition coefficient (Wildman–Crippen LogP) is -3.45. The lowest BCUT2D eigenvalue weighted by atomic mass is 10.0. The lowest BCUT2D eigenvalue weighted by Gasteiger charge is -2.26. The number of aliphatic hydroxyl groups is 1. The Morgan fingerprint density at radius 2 is 1.36 bits per heavy atom. The third-order valence-electron chi connectivity index (χ3n) is 6.58. The molecule has 0 aliphatic heterocycles. The number of carbonyl (C=O) groups excluding carboxylic acids is 5. The maximum absolute atomic E-state index is 13.4. The van der Waals surface area contributed by atoms with E-state index in [0.29, 0.717) is 12.0 Å². The number of carboxylic acid groups (broad SMARTS) is 1. The van der Waals surface area contributed by atoms with Crippen LogP contribution >= 0.6 is 0 Å². The number of nitrogens with one attached hydrogen (secondary N) is 4. The van der Waals surface area contributed by atoms with Crippen LogP contribution in [0.1, 0.15) is 45.1 Å². The number of hydrogen-bond acceptors (Lipinski definition) is 9. The number of nitrogens with two attached hydrogens (primary N) is 4. The summed E-state index contributed by atoms with van der Waals surface area (Å²) < 4.78 is 0. The predicted molar refractivity (Wildman–Crippen MR) is 164 cm³/mol. The molecule has 17 nitrogen and oxygen atoms in total. The van der Waals surface area contributed by atoms with E-state index in [-0.39, 0.29) is 38.2 Å². The summed E-state index contributed by atoms with van der Waals surface area (Å²) in [4.78, 5) is 79.1. The zero-order valence-electron chi connectivity index (χ0n) is 25.4. The fraction of sp³-hybridized carbons (Fsp3) is 0.536. The van der Waals surface area contributed by atoms with Crippen molar-refractivity contribution in [1.82, 2.24) is 21.3 Å². The van der Waals surface area contributed by atoms with Gasteiger partial charge in [-0.05, 0) is 30.7 Å². The molecule has 0 heterocycles. The Balaban J connectivity index is 3.15. The van der Waals surface area contributed by atoms with Crippen LogP contribution in [-0.4, -0.2) is 95.0 Å². The molecule has 1 aromatic rings. The molecule has 1 rings (SSSR count). The van der Waals surface area contributed by atoms with Crippen LogP contribution in [0.25, 0.3) is 0 Å². The number of nitrogens with zero attached hydrogens (tertiary/aromatic N) is 1. The molecular formula is C28H45N9O8. The summed E-state index contributed by atoms with van der Waals surface area (Å²) >= 11 is 0. The molecule has 45 heavy (non-hydrogen) atoms. The maximum Gasteiger partial charge on any atom is 0.326 e. The molecule has 0 saturated heterocycles. The fourth-order valence-electron chi connectivity index (χ4n) is 4.05. The summed E-state index contributed by atoms with van der Waals surface area (Å²) in [5.74, 6) is -6.02. The molecule has 5 atom stereocenters. The van der Waals surface area contributed by atoms with E-state index in [2.05, 4.69) is 26.3 Å². The first kappa shape index (κ1) is 38.3. The number of rotatable bonds is 20. The van der Waals surface area contributed by atoms with Gasteiger partial charge in [-0.3, -0.25) is 29.0 Å². The standard InChI is InChI=1S/C28H45N9O8/c1-15(2)22(27(44)45)37-26(43)20(14-38)36-25(42)19(13-16-7-4-3-5-8-16)35-24(41)18(10-11-21(30)39)34-23(40)17(29)9-6-12-33-28(31)32/h3-5,7-8,15,17-20,22,38H,6,9-14,29H2,1-2H3,(H2,30,39)(H,34,40)(H,35,41)(H,36,42)(H,37,43)(H,44,45)(H4,31,32,33)/t17-,18-,19-,20-,22-/m0/s1. The van der Waals surface area contributed by atoms with E-state index in [1.807, 2.05) is 0 Å². The number of amides is 5. The highest BCUT2D eigenvalue weighted by molar-refractivity contribution is 5.95. The average molecular weight is 636 g/mol. The van der Waals surface area contributed by atoms with Gasteiger partial charge in [-0.25, -0.2) is 4.79 Å². The van der Waals surface area contributed by atoms with E-state index in [0.717, 1.165) is 0 Å². The SMILES string of the molecule is CC(C)[C@H](NC(=O)[C@H](CO)NC(=O)[C@H](Cc1ccccc1)NC(=O)[C@H](CCC(N)=O)NC(=O)[C@@H](N)CCCN=C(N)N)C(=O)O. The van der Waals surface area contributed by atoms with E-state index in [4.69, 9.17) is 22.9 Å². The number of benzene rings is 1. The van der Waals surface area contributed by atoms with Crippen LogP contribution in [0.5, 0.6) is 0 Å². The Morgan fingerprint density at radius 3 is 1.89 bits per heavy atom. The second-order valence-corrected chi connectivity index (χ2v) is 10.7. The summed E-state index contributed by atoms with van der Waals surface area (Å²) in [6.45, 7) is 2.51. The van der Waals surface area contributed by atoms with Crippen LogP contribution in [0, 0.1) is 5.92 Å². The molecule has 0 bridgehead atoms. The van der Waals surface area contributed by atoms with Crippen LogP contribution in [0.15, 0.2) is 35.3 Å². The molecule has 5 amide bonds. The van der Waals surface area contributed by atoms with Crippen molar-refractivity contribution in [1.29, 1.82) is 0 Å². The highest BCUT2D eigenvalue weighted by Crippen LogP contribution is 2.08. The summed E-state index contributed by atoms with van der Waals surface area (Å²) in [5, 5.41) is 28.8. The van der Waals surface area contributed by atoms with Gasteiger partial charge in [0.05, 0.1) is 12.6 Å². The van der Waals surface area contributed by atoms with Crippen molar-refractivity contribution in [3.05, 3.63) is 35.9 Å². The van der Waals surface area contributed by atoms with Crippen LogP contribution in [-0.2, 0) is 35.2 Å². The van der Waals surface area contributed by atoms with E-state index >= 15 is 0 Å². The Kier molecular flexibility index (Phi) is 16.6. The third-order valence-corrected chi connectivity index (χ3v) is 6.58. The first-order valence-electron chi connectivity index (χ1n) is 14.3. The Labute approximate surface area is 260 Å². The zero-order chi connectivity index (χ0) is 34.1. The molecular weight excluding hydrogens is 590 g/mol. The van der Waals surface area contributed by atoms with Crippen LogP contribution < -0.4 is 44.2 Å². The van der Waals surface area contributed by atoms with Gasteiger partial charge < -0.3 is 54.4 Å². The van der Waals surface area contributed by atoms with Gasteiger partial charge in [0.2, 0.25) is 29.5 Å². The van der Waals surface area contributed by atoms with Crippen molar-refractivity contribution in [2.45, 2.75) is 76.2 Å². The number of aliphatic imine (C=N–C) groups is 1. The van der Waals surface area contributed by atoms with Gasteiger partial charge in [0.1, 0.15) is 24.2 Å². The molecule has 0 aromatic heterocycles. The van der Waals surface area contributed by atoms with Gasteiger partial charge in [-0.1, -0.05) is 44.2 Å². The van der Waals surface area contributed by atoms with Gasteiger partial charge in [-0.2, -0.15) is 0 Å². The van der Waals surface area contributed by atoms with E-state index in [1.54, 1.807) is 44.2 Å². The van der Waals surface area contributed by atoms with Gasteiger partial charge in [-0.15, -0.1) is 0 Å². The van der Waals surface area contributed by atoms with E-state index in [9.17, 15) is 39.0 Å². The minimum Gasteiger partial charge on any atom is -0.480 e. The molecule has 17 heteroatoms. The normalized spacial score (nSPS) is 14.2. The highest BCUT2D eigenvalue weighted by Gasteiger charge is 2.32. The Bertz CT molecular complexity index is 1190. The highest BCUT2D eigenvalue weighted by atomic mass is 16.4. The molecule has 0 fully saturated rings. The van der Waals surface area contributed by atoms with Crippen molar-refractivity contribution in [2.24, 2.45) is 33.8 Å². The zero-order valence-corrected chi connectivity index (χ0v) is 25.4. The lowest BCUT2D eigenvalue weighted by Crippen LogP contribution is -2.60. The van der Waals surface area contributed by atoms with Crippen LogP contribution in [0.2, 0.25) is 0 Å². The first-order valence-corrected chi connectivity index (χ1v) is 14.3. The molecule has 250 valence electrons. The number of carboxylic acids is 1. The van der Waals surface area contributed by atoms with Crippen LogP contribution in [0.4, 0.5) is 0 Å². The topological polar surface area (TPSA) is 307 Å². The van der Waals surface area contributed by atoms with Crippen molar-refractivity contribution < 1.29 is 39.0 Å². The summed E-state index contributed by atoms with van der Waals surface area (Å²) in [5.41, 5.74) is 22.4. The number of guanidine groups is 1. The third kappa shape index (κ3) is 14.5. The van der Waals surface area contributed by atoms with Crippen LogP contribution in [0.3, 0.4) is 0 Å². The van der Waals surface area contributed by atoms with Crippen molar-refractivity contribution in [2.75, 3.05) is 13.2 Å². The van der Waals surface area contributed by atoms with Gasteiger partial charge >= 0.3 is 5.97 Å². The second-order valence-electron chi connectivity index (χ2n) is 10.7. The Morgan fingerprint density at radius 1 is 0.800 bits per heavy atom. The largest absolute Gasteiger partial charge is 0.480 e. The fourth-order valence-corrected chi connectivity index (χ4v) is 4.05. The van der Waals surface area contributed by atoms with E-state index in [1.165, 1.54) is 0 Å². The average Bonchev–Trinajstić information content (AvgIpc) is 2.97. The number of carbonyl (C=O) groups is 6. The quantitative estimate of drug-likeness (QED) is 0.0381. The Hall–Kier alpha value is -4.77. The molecule has 14 N–H and O–H groups in total. The second kappa shape index (κ2) is 19.5. The van der Waals surface area contributed by atoms with Gasteiger partial charge in [0.15, 0.2) is 5.96 Å². The van der Waals surface area contributed by atoms with Gasteiger partial charge in [0.25, 0.3) is 0 Å². The first-order chi connectivity index (χ1) is 21.2. The molecule has 0 aliphatic carbocycles. The smallest absolute Gasteiger partial charge is 0.326 e. The summed E-state index contributed by atoms with van der Waals surface area (Å²) in [7, 11) is 0. The molecule has 0 spiro atoms. The van der Waals surface area contributed by atoms with Crippen molar-refractivity contribution >= 4 is 41.5 Å². The van der Waals surface area contributed by atoms with Gasteiger partial charge in [0, 0.05) is 19.4 Å². The van der Waals surface area contributed by atoms with Crippen molar-refractivity contribution in [3.63, 3.8) is 0 Å². The minimum absolute atomic E-state index is 0.0667. The maximum atomic E-state index is 13.4. The molecule has 0 radical (unpaired) electrons. The number of primary amides is 1. The number of aliphatic carboxylic acids is 1. The summed E-state index contributed by atoms with van der Waals surface area (Å²) in [6, 6.07) is 2.01. The molecule has 0 aliphatic rings. The number of aliphatic hydroxyl groups excluding tert-OH is 1.